The van der Waals surface area contributed by atoms with Crippen LogP contribution in [0.2, 0.25) is 5.02 Å². The topological polar surface area (TPSA) is 94.6 Å². The van der Waals surface area contributed by atoms with Gasteiger partial charge in [-0.15, -0.1) is 0 Å². The number of nitro groups is 1. The van der Waals surface area contributed by atoms with Gasteiger partial charge in [0.15, 0.2) is 5.76 Å². The third kappa shape index (κ3) is 4.44. The smallest absolute Gasteiger partial charge is 0.387 e. The van der Waals surface area contributed by atoms with Crippen molar-refractivity contribution in [1.29, 1.82) is 0 Å². The first kappa shape index (κ1) is 19.3. The first-order chi connectivity index (χ1) is 13.3. The maximum Gasteiger partial charge on any atom is 0.387 e. The van der Waals surface area contributed by atoms with E-state index in [0.717, 1.165) is 0 Å². The first-order valence-electron chi connectivity index (χ1n) is 7.74. The first-order valence-corrected chi connectivity index (χ1v) is 8.11. The fraction of sp³-hybridized carbons (Fsp3) is 0.0556. The lowest BCUT2D eigenvalue weighted by molar-refractivity contribution is -0.384. The molecule has 0 unspecified atom stereocenters. The van der Waals surface area contributed by atoms with Gasteiger partial charge >= 0.3 is 6.61 Å². The lowest BCUT2D eigenvalue weighted by Crippen LogP contribution is -2.10. The van der Waals surface area contributed by atoms with Crippen molar-refractivity contribution in [3.63, 3.8) is 0 Å². The summed E-state index contributed by atoms with van der Waals surface area (Å²) in [6, 6.07) is 12.1. The number of ether oxygens (including phenoxy) is 1. The number of nitro benzene ring substituents is 1. The average Bonchev–Trinajstić information content (AvgIpc) is 3.12. The zero-order chi connectivity index (χ0) is 20.3. The van der Waals surface area contributed by atoms with Crippen LogP contribution in [0, 0.1) is 10.1 Å². The molecule has 0 radical (unpaired) electrons. The third-order valence-corrected chi connectivity index (χ3v) is 3.91. The molecule has 0 bridgehead atoms. The Balaban J connectivity index is 1.73. The molecule has 28 heavy (non-hydrogen) atoms. The van der Waals surface area contributed by atoms with E-state index in [0.29, 0.717) is 11.3 Å². The van der Waals surface area contributed by atoms with Gasteiger partial charge in [0.25, 0.3) is 11.6 Å². The van der Waals surface area contributed by atoms with Crippen molar-refractivity contribution >= 4 is 28.9 Å². The van der Waals surface area contributed by atoms with Crippen molar-refractivity contribution in [2.75, 3.05) is 5.32 Å². The number of nitrogens with one attached hydrogen (secondary N) is 1. The van der Waals surface area contributed by atoms with E-state index in [1.54, 1.807) is 0 Å². The molecule has 1 heterocycles. The van der Waals surface area contributed by atoms with Crippen LogP contribution in [-0.4, -0.2) is 17.4 Å². The number of hydrogen-bond donors (Lipinski definition) is 1. The number of rotatable bonds is 6. The summed E-state index contributed by atoms with van der Waals surface area (Å²) in [5.74, 6) is -0.393. The van der Waals surface area contributed by atoms with Crippen LogP contribution in [0.25, 0.3) is 11.3 Å². The van der Waals surface area contributed by atoms with Crippen LogP contribution < -0.4 is 10.1 Å². The Morgan fingerprint density at radius 3 is 2.46 bits per heavy atom. The molecule has 1 N–H and O–H groups in total. The van der Waals surface area contributed by atoms with Crippen LogP contribution in [0.5, 0.6) is 5.75 Å². The van der Waals surface area contributed by atoms with E-state index in [2.05, 4.69) is 10.1 Å². The Bertz CT molecular complexity index is 1020. The van der Waals surface area contributed by atoms with Gasteiger partial charge in [0.05, 0.1) is 9.95 Å². The number of carbonyl (C=O) groups excluding carboxylic acids is 1. The number of alkyl halides is 2. The van der Waals surface area contributed by atoms with E-state index in [4.69, 9.17) is 16.0 Å². The predicted octanol–water partition coefficient (Wildman–Crippen LogP) is 5.36. The van der Waals surface area contributed by atoms with Crippen LogP contribution in [0.1, 0.15) is 10.6 Å². The molecule has 0 aliphatic heterocycles. The monoisotopic (exact) mass is 408 g/mol. The molecule has 0 saturated heterocycles. The van der Waals surface area contributed by atoms with E-state index in [1.807, 2.05) is 0 Å². The fourth-order valence-electron chi connectivity index (χ4n) is 2.33. The number of nitrogens with zero attached hydrogens (tertiary/aromatic N) is 1. The summed E-state index contributed by atoms with van der Waals surface area (Å²) in [6.07, 6.45) is 0. The van der Waals surface area contributed by atoms with Gasteiger partial charge in [-0.1, -0.05) is 11.6 Å². The van der Waals surface area contributed by atoms with Gasteiger partial charge < -0.3 is 14.5 Å². The van der Waals surface area contributed by atoms with Crippen molar-refractivity contribution in [3.8, 4) is 17.1 Å². The Kier molecular flexibility index (Phi) is 5.55. The Hall–Kier alpha value is -3.46. The van der Waals surface area contributed by atoms with Crippen LogP contribution in [0.3, 0.4) is 0 Å². The fourth-order valence-corrected chi connectivity index (χ4v) is 2.60. The van der Waals surface area contributed by atoms with Gasteiger partial charge in [-0.05, 0) is 42.5 Å². The van der Waals surface area contributed by atoms with Crippen molar-refractivity contribution < 1.29 is 27.7 Å². The molecule has 0 fully saturated rings. The van der Waals surface area contributed by atoms with E-state index in [1.165, 1.54) is 54.6 Å². The highest BCUT2D eigenvalue weighted by molar-refractivity contribution is 6.33. The van der Waals surface area contributed by atoms with Gasteiger partial charge in [-0.25, -0.2) is 0 Å². The van der Waals surface area contributed by atoms with Crippen LogP contribution in [-0.2, 0) is 0 Å². The van der Waals surface area contributed by atoms with Gasteiger partial charge in [0.1, 0.15) is 11.5 Å². The normalized spacial score (nSPS) is 10.7. The van der Waals surface area contributed by atoms with E-state index in [-0.39, 0.29) is 28.0 Å². The number of amides is 1. The second-order valence-corrected chi connectivity index (χ2v) is 5.85. The largest absolute Gasteiger partial charge is 0.451 e. The van der Waals surface area contributed by atoms with E-state index < -0.39 is 17.4 Å². The molecule has 3 aromatic rings. The molecule has 1 aromatic heterocycles. The lowest BCUT2D eigenvalue weighted by atomic mass is 10.1. The Labute approximate surface area is 161 Å². The SMILES string of the molecule is O=C(Nc1ccc(OC(F)F)cc1)c1ccc(-c2ccc([N+](=O)[O-])cc2Cl)o1. The summed E-state index contributed by atoms with van der Waals surface area (Å²) < 4.78 is 34.0. The highest BCUT2D eigenvalue weighted by atomic mass is 35.5. The molecule has 10 heteroatoms. The van der Waals surface area contributed by atoms with Crippen molar-refractivity contribution in [3.05, 3.63) is 75.5 Å². The molecule has 0 saturated carbocycles. The van der Waals surface area contributed by atoms with Crippen LogP contribution in [0.4, 0.5) is 20.2 Å². The highest BCUT2D eigenvalue weighted by Crippen LogP contribution is 2.32. The maximum atomic E-state index is 12.3. The molecule has 3 rings (SSSR count). The van der Waals surface area contributed by atoms with E-state index in [9.17, 15) is 23.7 Å². The minimum absolute atomic E-state index is 0.0303. The average molecular weight is 409 g/mol. The summed E-state index contributed by atoms with van der Waals surface area (Å²) in [5, 5.41) is 13.4. The van der Waals surface area contributed by atoms with Gasteiger partial charge in [-0.3, -0.25) is 14.9 Å². The third-order valence-electron chi connectivity index (χ3n) is 3.60. The van der Waals surface area contributed by atoms with E-state index >= 15 is 0 Å². The molecule has 0 aliphatic carbocycles. The molecule has 1 amide bonds. The quantitative estimate of drug-likeness (QED) is 0.437. The molecule has 0 atom stereocenters. The minimum atomic E-state index is -2.94. The maximum absolute atomic E-state index is 12.3. The minimum Gasteiger partial charge on any atom is -0.451 e. The Morgan fingerprint density at radius 1 is 1.14 bits per heavy atom. The predicted molar refractivity (Wildman–Crippen MR) is 96.8 cm³/mol. The molecule has 0 spiro atoms. The number of halogens is 3. The van der Waals surface area contributed by atoms with Crippen molar-refractivity contribution in [1.82, 2.24) is 0 Å². The summed E-state index contributed by atoms with van der Waals surface area (Å²) in [5.41, 5.74) is 0.565. The summed E-state index contributed by atoms with van der Waals surface area (Å²) >= 11 is 6.05. The molecule has 2 aromatic carbocycles. The number of carbonyl (C=O) groups is 1. The number of benzene rings is 2. The van der Waals surface area contributed by atoms with Crippen molar-refractivity contribution in [2.45, 2.75) is 6.61 Å². The number of non-ortho nitro benzene ring substituents is 1. The standard InChI is InChI=1S/C18H11ClF2N2O5/c19-14-9-11(23(25)26)3-6-13(14)15-7-8-16(28-15)17(24)22-10-1-4-12(5-2-10)27-18(20)21/h1-9,18H,(H,22,24). The zero-order valence-electron chi connectivity index (χ0n) is 13.9. The number of anilines is 1. The van der Waals surface area contributed by atoms with Crippen LogP contribution >= 0.6 is 11.6 Å². The van der Waals surface area contributed by atoms with Crippen LogP contribution in [0.15, 0.2) is 59.0 Å². The second kappa shape index (κ2) is 8.05. The Morgan fingerprint density at radius 2 is 1.86 bits per heavy atom. The summed E-state index contributed by atoms with van der Waals surface area (Å²) in [7, 11) is 0. The molecular formula is C18H11ClF2N2O5. The highest BCUT2D eigenvalue weighted by Gasteiger charge is 2.16. The molecule has 144 valence electrons. The summed E-state index contributed by atoms with van der Waals surface area (Å²) in [4.78, 5) is 22.5. The lowest BCUT2D eigenvalue weighted by Gasteiger charge is -2.06. The van der Waals surface area contributed by atoms with Gasteiger partial charge in [-0.2, -0.15) is 8.78 Å². The van der Waals surface area contributed by atoms with Gasteiger partial charge in [0.2, 0.25) is 0 Å². The number of furan rings is 1. The summed E-state index contributed by atoms with van der Waals surface area (Å²) in [6.45, 7) is -2.94. The number of hydrogen-bond acceptors (Lipinski definition) is 5. The second-order valence-electron chi connectivity index (χ2n) is 5.44. The van der Waals surface area contributed by atoms with Gasteiger partial charge in [0, 0.05) is 23.4 Å². The molecular weight excluding hydrogens is 398 g/mol. The zero-order valence-corrected chi connectivity index (χ0v) is 14.7. The molecule has 7 nitrogen and oxygen atoms in total. The van der Waals surface area contributed by atoms with Crippen molar-refractivity contribution in [2.24, 2.45) is 0 Å². The molecule has 0 aliphatic rings.